The minimum atomic E-state index is 0.460. The molecule has 0 fully saturated rings. The predicted molar refractivity (Wildman–Crippen MR) is 44.7 cm³/mol. The molecule has 0 amide bonds. The second-order valence-electron chi connectivity index (χ2n) is 2.44. The summed E-state index contributed by atoms with van der Waals surface area (Å²) in [6.07, 6.45) is 3.57. The Balaban J connectivity index is 2.33. The Morgan fingerprint density at radius 2 is 2.36 bits per heavy atom. The van der Waals surface area contributed by atoms with Crippen LogP contribution in [0.3, 0.4) is 0 Å². The number of aromatic amines is 1. The lowest BCUT2D eigenvalue weighted by Crippen LogP contribution is -2.02. The van der Waals surface area contributed by atoms with Gasteiger partial charge >= 0.3 is 0 Å². The molecule has 1 aromatic heterocycles. The predicted octanol–water partition coefficient (Wildman–Crippen LogP) is 1.53. The van der Waals surface area contributed by atoms with E-state index in [1.807, 2.05) is 0 Å². The van der Waals surface area contributed by atoms with Gasteiger partial charge in [-0.15, -0.1) is 0 Å². The van der Waals surface area contributed by atoms with Gasteiger partial charge < -0.3 is 0 Å². The topological polar surface area (TPSA) is 46.5 Å². The third kappa shape index (κ3) is 2.80. The molecule has 5 heteroatoms. The van der Waals surface area contributed by atoms with E-state index < -0.39 is 0 Å². The van der Waals surface area contributed by atoms with Gasteiger partial charge in [0.05, 0.1) is 6.54 Å². The van der Waals surface area contributed by atoms with E-state index in [1.165, 1.54) is 12.8 Å². The molecular weight excluding hydrogens is 160 g/mol. The summed E-state index contributed by atoms with van der Waals surface area (Å²) in [6.45, 7) is 3.06. The molecule has 0 saturated heterocycles. The maximum Gasteiger partial charge on any atom is 0.235 e. The first-order chi connectivity index (χ1) is 5.33. The fourth-order valence-corrected chi connectivity index (χ4v) is 1.00. The van der Waals surface area contributed by atoms with Crippen LogP contribution in [0, 0.1) is 4.77 Å². The highest BCUT2D eigenvalue weighted by Crippen LogP contribution is 1.94. The molecule has 0 atom stereocenters. The molecule has 0 aliphatic carbocycles. The molecule has 1 rings (SSSR count). The van der Waals surface area contributed by atoms with Crippen molar-refractivity contribution < 1.29 is 0 Å². The van der Waals surface area contributed by atoms with Crippen molar-refractivity contribution in [1.82, 2.24) is 20.2 Å². The van der Waals surface area contributed by atoms with E-state index >= 15 is 0 Å². The molecule has 1 aromatic rings. The van der Waals surface area contributed by atoms with Crippen LogP contribution in [0.1, 0.15) is 26.2 Å². The third-order valence-corrected chi connectivity index (χ3v) is 1.61. The highest BCUT2D eigenvalue weighted by atomic mass is 32.1. The second-order valence-corrected chi connectivity index (χ2v) is 2.82. The number of nitrogens with one attached hydrogen (secondary N) is 1. The van der Waals surface area contributed by atoms with Gasteiger partial charge in [0.15, 0.2) is 0 Å². The smallest absolute Gasteiger partial charge is 0.235 e. The molecule has 11 heavy (non-hydrogen) atoms. The van der Waals surface area contributed by atoms with E-state index in [-0.39, 0.29) is 0 Å². The van der Waals surface area contributed by atoms with Crippen molar-refractivity contribution in [3.8, 4) is 0 Å². The number of hydrogen-bond acceptors (Lipinski definition) is 3. The zero-order valence-electron chi connectivity index (χ0n) is 6.58. The largest absolute Gasteiger partial charge is 0.253 e. The number of tetrazole rings is 1. The average molecular weight is 172 g/mol. The number of H-pyrrole nitrogens is 1. The summed E-state index contributed by atoms with van der Waals surface area (Å²) in [5, 5.41) is 10.3. The summed E-state index contributed by atoms with van der Waals surface area (Å²) in [5.41, 5.74) is 0. The first-order valence-electron chi connectivity index (χ1n) is 3.82. The number of aromatic nitrogens is 4. The summed E-state index contributed by atoms with van der Waals surface area (Å²) in [7, 11) is 0. The highest BCUT2D eigenvalue weighted by molar-refractivity contribution is 7.71. The molecule has 0 aliphatic heterocycles. The van der Waals surface area contributed by atoms with Crippen molar-refractivity contribution in [2.24, 2.45) is 0 Å². The summed E-state index contributed by atoms with van der Waals surface area (Å²) in [5.74, 6) is 0. The lowest BCUT2D eigenvalue weighted by atomic mass is 10.2. The number of aryl methyl sites for hydroxylation is 1. The van der Waals surface area contributed by atoms with Gasteiger partial charge in [0.2, 0.25) is 4.77 Å². The lowest BCUT2D eigenvalue weighted by molar-refractivity contribution is 0.485. The summed E-state index contributed by atoms with van der Waals surface area (Å²) in [6, 6.07) is 0. The van der Waals surface area contributed by atoms with Gasteiger partial charge in [-0.3, -0.25) is 5.10 Å². The molecule has 0 radical (unpaired) electrons. The Kier molecular flexibility index (Phi) is 3.22. The first-order valence-corrected chi connectivity index (χ1v) is 4.23. The minimum absolute atomic E-state index is 0.460. The average Bonchev–Trinajstić information content (AvgIpc) is 2.37. The highest BCUT2D eigenvalue weighted by Gasteiger charge is 1.91. The zero-order valence-corrected chi connectivity index (χ0v) is 7.39. The van der Waals surface area contributed by atoms with Gasteiger partial charge in [0.1, 0.15) is 0 Å². The molecule has 0 bridgehead atoms. The van der Waals surface area contributed by atoms with Crippen LogP contribution in [0.4, 0.5) is 0 Å². The number of rotatable bonds is 4. The first kappa shape index (κ1) is 8.39. The van der Waals surface area contributed by atoms with Crippen LogP contribution in [-0.4, -0.2) is 20.2 Å². The second kappa shape index (κ2) is 4.23. The van der Waals surface area contributed by atoms with Gasteiger partial charge in [0.25, 0.3) is 0 Å². The monoisotopic (exact) mass is 172 g/mol. The van der Waals surface area contributed by atoms with Crippen molar-refractivity contribution in [2.45, 2.75) is 32.7 Å². The van der Waals surface area contributed by atoms with Crippen molar-refractivity contribution in [3.63, 3.8) is 0 Å². The summed E-state index contributed by atoms with van der Waals surface area (Å²) in [4.78, 5) is 1.68. The summed E-state index contributed by atoms with van der Waals surface area (Å²) >= 11 is 4.76. The number of unbranched alkanes of at least 4 members (excludes halogenated alkanes) is 2. The van der Waals surface area contributed by atoms with E-state index in [0.29, 0.717) is 4.77 Å². The van der Waals surface area contributed by atoms with Gasteiger partial charge in [-0.25, -0.2) is 0 Å². The molecular formula is C6H12N4S. The molecule has 4 nitrogen and oxygen atoms in total. The van der Waals surface area contributed by atoms with Crippen LogP contribution in [0.15, 0.2) is 0 Å². The SMILES string of the molecule is CCCCCn1nnc(=S)[nH]1. The zero-order chi connectivity index (χ0) is 8.10. The van der Waals surface area contributed by atoms with E-state index in [1.54, 1.807) is 4.80 Å². The fourth-order valence-electron chi connectivity index (χ4n) is 0.862. The lowest BCUT2D eigenvalue weighted by Gasteiger charge is -1.96. The van der Waals surface area contributed by atoms with E-state index in [4.69, 9.17) is 12.2 Å². The maximum absolute atomic E-state index is 4.76. The van der Waals surface area contributed by atoms with Crippen LogP contribution >= 0.6 is 12.2 Å². The molecule has 0 unspecified atom stereocenters. The van der Waals surface area contributed by atoms with Crippen molar-refractivity contribution in [3.05, 3.63) is 4.77 Å². The number of hydrogen-bond donors (Lipinski definition) is 1. The fraction of sp³-hybridized carbons (Fsp3) is 0.833. The van der Waals surface area contributed by atoms with Crippen LogP contribution in [0.2, 0.25) is 0 Å². The standard InChI is InChI=1S/C6H12N4S/c1-2-3-4-5-10-8-6(11)7-9-10/h2-5H2,1H3,(H,8,11). The van der Waals surface area contributed by atoms with Gasteiger partial charge in [-0.2, -0.15) is 4.80 Å². The van der Waals surface area contributed by atoms with Crippen LogP contribution in [0.5, 0.6) is 0 Å². The van der Waals surface area contributed by atoms with Gasteiger partial charge in [0, 0.05) is 0 Å². The van der Waals surface area contributed by atoms with Crippen LogP contribution in [-0.2, 0) is 6.54 Å². The molecule has 1 heterocycles. The molecule has 0 aromatic carbocycles. The van der Waals surface area contributed by atoms with Crippen molar-refractivity contribution >= 4 is 12.2 Å². The van der Waals surface area contributed by atoms with E-state index in [2.05, 4.69) is 22.3 Å². The Morgan fingerprint density at radius 1 is 1.55 bits per heavy atom. The van der Waals surface area contributed by atoms with Crippen molar-refractivity contribution in [1.29, 1.82) is 0 Å². The van der Waals surface area contributed by atoms with Crippen LogP contribution < -0.4 is 0 Å². The Labute approximate surface area is 70.6 Å². The van der Waals surface area contributed by atoms with Crippen molar-refractivity contribution in [2.75, 3.05) is 0 Å². The van der Waals surface area contributed by atoms with Crippen LogP contribution in [0.25, 0.3) is 0 Å². The van der Waals surface area contributed by atoms with E-state index in [9.17, 15) is 0 Å². The van der Waals surface area contributed by atoms with Gasteiger partial charge in [-0.05, 0) is 23.9 Å². The minimum Gasteiger partial charge on any atom is -0.253 e. The quantitative estimate of drug-likeness (QED) is 0.553. The van der Waals surface area contributed by atoms with E-state index in [0.717, 1.165) is 13.0 Å². The molecule has 0 saturated carbocycles. The molecule has 62 valence electrons. The third-order valence-electron chi connectivity index (χ3n) is 1.44. The Hall–Kier alpha value is -0.710. The normalized spacial score (nSPS) is 10.3. The van der Waals surface area contributed by atoms with Gasteiger partial charge in [-0.1, -0.05) is 24.9 Å². The molecule has 0 aliphatic rings. The molecule has 1 N–H and O–H groups in total. The number of nitrogens with zero attached hydrogens (tertiary/aromatic N) is 3. The Bertz CT molecular complexity index is 251. The molecule has 0 spiro atoms. The Morgan fingerprint density at radius 3 is 2.91 bits per heavy atom. The summed E-state index contributed by atoms with van der Waals surface area (Å²) < 4.78 is 0.460. The maximum atomic E-state index is 4.76.